The number of aromatic nitrogens is 3. The highest BCUT2D eigenvalue weighted by molar-refractivity contribution is 9.10. The molecule has 0 bridgehead atoms. The van der Waals surface area contributed by atoms with E-state index in [0.29, 0.717) is 27.7 Å². The highest BCUT2D eigenvalue weighted by atomic mass is 79.9. The Kier molecular flexibility index (Phi) is 4.86. The Balaban J connectivity index is 1.21. The van der Waals surface area contributed by atoms with Crippen molar-refractivity contribution in [2.24, 2.45) is 0 Å². The second-order valence-corrected chi connectivity index (χ2v) is 8.78. The molecule has 29 heavy (non-hydrogen) atoms. The van der Waals surface area contributed by atoms with Gasteiger partial charge in [-0.05, 0) is 36.4 Å². The van der Waals surface area contributed by atoms with Crippen molar-refractivity contribution in [3.8, 4) is 23.0 Å². The first kappa shape index (κ1) is 18.4. The van der Waals surface area contributed by atoms with E-state index in [1.165, 1.54) is 11.3 Å². The van der Waals surface area contributed by atoms with Crippen molar-refractivity contribution in [3.05, 3.63) is 40.9 Å². The van der Waals surface area contributed by atoms with Gasteiger partial charge in [0.15, 0.2) is 16.6 Å². The van der Waals surface area contributed by atoms with Gasteiger partial charge in [-0.15, -0.1) is 10.2 Å². The van der Waals surface area contributed by atoms with E-state index in [-0.39, 0.29) is 18.5 Å². The molecule has 0 radical (unpaired) electrons. The van der Waals surface area contributed by atoms with Gasteiger partial charge < -0.3 is 19.2 Å². The monoisotopic (exact) mass is 490 g/mol. The number of nitrogens with zero attached hydrogens (tertiary/aromatic N) is 3. The van der Waals surface area contributed by atoms with Crippen LogP contribution in [0.4, 0.5) is 5.13 Å². The van der Waals surface area contributed by atoms with Gasteiger partial charge in [-0.25, -0.2) is 4.98 Å². The molecule has 146 valence electrons. The quantitative estimate of drug-likeness (QED) is 0.406. The molecule has 1 aliphatic heterocycles. The van der Waals surface area contributed by atoms with Crippen LogP contribution in [0.25, 0.3) is 21.7 Å². The molecule has 11 heteroatoms. The number of anilines is 1. The highest BCUT2D eigenvalue weighted by Gasteiger charge is 2.17. The summed E-state index contributed by atoms with van der Waals surface area (Å²) < 4.78 is 18.2. The second kappa shape index (κ2) is 7.65. The Morgan fingerprint density at radius 3 is 3.00 bits per heavy atom. The van der Waals surface area contributed by atoms with Crippen molar-refractivity contribution in [2.75, 3.05) is 17.9 Å². The predicted octanol–water partition coefficient (Wildman–Crippen LogP) is 4.57. The zero-order chi connectivity index (χ0) is 19.8. The van der Waals surface area contributed by atoms with Crippen LogP contribution in [-0.4, -0.2) is 33.6 Å². The first-order valence-corrected chi connectivity index (χ1v) is 11.0. The van der Waals surface area contributed by atoms with Crippen molar-refractivity contribution in [3.63, 3.8) is 0 Å². The number of amides is 1. The van der Waals surface area contributed by atoms with E-state index in [2.05, 4.69) is 36.4 Å². The minimum atomic E-state index is -0.198. The van der Waals surface area contributed by atoms with Gasteiger partial charge >= 0.3 is 0 Å². The largest absolute Gasteiger partial charge is 0.454 e. The van der Waals surface area contributed by atoms with E-state index in [4.69, 9.17) is 13.9 Å². The van der Waals surface area contributed by atoms with Crippen LogP contribution in [0.1, 0.15) is 0 Å². The van der Waals surface area contributed by atoms with Crippen LogP contribution in [0.3, 0.4) is 0 Å². The molecule has 0 fully saturated rings. The lowest BCUT2D eigenvalue weighted by Crippen LogP contribution is -2.13. The predicted molar refractivity (Wildman–Crippen MR) is 113 cm³/mol. The number of thioether (sulfide) groups is 1. The zero-order valence-electron chi connectivity index (χ0n) is 14.5. The Bertz CT molecular complexity index is 1230. The summed E-state index contributed by atoms with van der Waals surface area (Å²) in [6, 6.07) is 11.2. The van der Waals surface area contributed by atoms with E-state index < -0.39 is 0 Å². The van der Waals surface area contributed by atoms with Gasteiger partial charge in [-0.2, -0.15) is 0 Å². The van der Waals surface area contributed by atoms with E-state index in [0.717, 1.165) is 32.0 Å². The lowest BCUT2D eigenvalue weighted by atomic mass is 10.2. The average molecular weight is 491 g/mol. The second-order valence-electron chi connectivity index (χ2n) is 5.91. The van der Waals surface area contributed by atoms with Crippen LogP contribution in [0.2, 0.25) is 0 Å². The highest BCUT2D eigenvalue weighted by Crippen LogP contribution is 2.36. The standard InChI is InChI=1S/C18H11BrN4O4S2/c19-10-2-3-11-14(6-10)29-17(20-11)21-15(24)7-28-18-23-22-16(27-18)9-1-4-12-13(5-9)26-8-25-12/h1-6H,7-8H2,(H,20,21,24). The summed E-state index contributed by atoms with van der Waals surface area (Å²) in [4.78, 5) is 16.6. The van der Waals surface area contributed by atoms with Crippen LogP contribution in [0.5, 0.6) is 11.5 Å². The van der Waals surface area contributed by atoms with E-state index in [1.54, 1.807) is 12.1 Å². The van der Waals surface area contributed by atoms with Crippen LogP contribution >= 0.6 is 39.0 Å². The number of carbonyl (C=O) groups excluding carboxylic acids is 1. The molecule has 0 saturated heterocycles. The lowest BCUT2D eigenvalue weighted by Gasteiger charge is -1.99. The molecule has 0 unspecified atom stereocenters. The average Bonchev–Trinajstić information content (AvgIpc) is 3.44. The fourth-order valence-electron chi connectivity index (χ4n) is 2.65. The maximum Gasteiger partial charge on any atom is 0.277 e. The number of nitrogens with one attached hydrogen (secondary N) is 1. The molecule has 8 nitrogen and oxygen atoms in total. The molecular weight excluding hydrogens is 480 g/mol. The number of ether oxygens (including phenoxy) is 2. The fraction of sp³-hybridized carbons (Fsp3) is 0.111. The number of carbonyl (C=O) groups is 1. The molecule has 1 amide bonds. The van der Waals surface area contributed by atoms with Gasteiger partial charge in [0.25, 0.3) is 5.22 Å². The Labute approximate surface area is 180 Å². The molecule has 0 saturated carbocycles. The van der Waals surface area contributed by atoms with Gasteiger partial charge in [0, 0.05) is 10.0 Å². The first-order valence-electron chi connectivity index (χ1n) is 8.36. The van der Waals surface area contributed by atoms with E-state index in [9.17, 15) is 4.79 Å². The van der Waals surface area contributed by atoms with Crippen LogP contribution in [-0.2, 0) is 4.79 Å². The third-order valence-electron chi connectivity index (χ3n) is 3.95. The number of rotatable bonds is 5. The Hall–Kier alpha value is -2.63. The minimum absolute atomic E-state index is 0.127. The van der Waals surface area contributed by atoms with Crippen LogP contribution < -0.4 is 14.8 Å². The minimum Gasteiger partial charge on any atom is -0.454 e. The summed E-state index contributed by atoms with van der Waals surface area (Å²) in [5, 5.41) is 11.7. The number of hydrogen-bond donors (Lipinski definition) is 1. The van der Waals surface area contributed by atoms with Gasteiger partial charge in [-0.1, -0.05) is 39.0 Å². The Morgan fingerprint density at radius 1 is 1.17 bits per heavy atom. The topological polar surface area (TPSA) is 99.4 Å². The van der Waals surface area contributed by atoms with Gasteiger partial charge in [0.1, 0.15) is 0 Å². The third-order valence-corrected chi connectivity index (χ3v) is 6.19. The molecule has 2 aromatic carbocycles. The smallest absolute Gasteiger partial charge is 0.277 e. The lowest BCUT2D eigenvalue weighted by molar-refractivity contribution is -0.113. The summed E-state index contributed by atoms with van der Waals surface area (Å²) in [7, 11) is 0. The first-order chi connectivity index (χ1) is 14.1. The van der Waals surface area contributed by atoms with Crippen molar-refractivity contribution < 1.29 is 18.7 Å². The molecule has 2 aromatic heterocycles. The molecule has 0 aliphatic carbocycles. The summed E-state index contributed by atoms with van der Waals surface area (Å²) in [5.74, 6) is 1.60. The maximum absolute atomic E-state index is 12.2. The molecule has 1 aliphatic rings. The van der Waals surface area contributed by atoms with Gasteiger partial charge in [0.2, 0.25) is 18.6 Å². The van der Waals surface area contributed by atoms with E-state index >= 15 is 0 Å². The molecule has 0 spiro atoms. The number of benzene rings is 2. The van der Waals surface area contributed by atoms with Crippen LogP contribution in [0, 0.1) is 0 Å². The summed E-state index contributed by atoms with van der Waals surface area (Å²) in [6.07, 6.45) is 0. The van der Waals surface area contributed by atoms with Gasteiger partial charge in [0.05, 0.1) is 16.0 Å². The fourth-order valence-corrected chi connectivity index (χ4v) is 4.65. The molecular formula is C18H11BrN4O4S2. The van der Waals surface area contributed by atoms with Crippen molar-refractivity contribution in [2.45, 2.75) is 5.22 Å². The molecule has 5 rings (SSSR count). The molecule has 4 aromatic rings. The number of hydrogen-bond acceptors (Lipinski definition) is 9. The summed E-state index contributed by atoms with van der Waals surface area (Å²) in [6.45, 7) is 0.199. The summed E-state index contributed by atoms with van der Waals surface area (Å²) in [5.41, 5.74) is 1.56. The number of halogens is 1. The summed E-state index contributed by atoms with van der Waals surface area (Å²) >= 11 is 6.00. The molecule has 0 atom stereocenters. The number of thiazole rings is 1. The maximum atomic E-state index is 12.2. The normalized spacial score (nSPS) is 12.4. The van der Waals surface area contributed by atoms with Crippen molar-refractivity contribution in [1.82, 2.24) is 15.2 Å². The third kappa shape index (κ3) is 3.93. The SMILES string of the molecule is O=C(CSc1nnc(-c2ccc3c(c2)OCO3)o1)Nc1nc2ccc(Br)cc2s1. The van der Waals surface area contributed by atoms with Crippen LogP contribution in [0.15, 0.2) is 50.5 Å². The van der Waals surface area contributed by atoms with E-state index in [1.807, 2.05) is 24.3 Å². The number of fused-ring (bicyclic) bond motifs is 2. The van der Waals surface area contributed by atoms with Crippen molar-refractivity contribution >= 4 is 60.3 Å². The van der Waals surface area contributed by atoms with Gasteiger partial charge in [-0.3, -0.25) is 4.79 Å². The van der Waals surface area contributed by atoms with Crippen molar-refractivity contribution in [1.29, 1.82) is 0 Å². The molecule has 3 heterocycles. The zero-order valence-corrected chi connectivity index (χ0v) is 17.8. The Morgan fingerprint density at radius 2 is 2.07 bits per heavy atom. The molecule has 1 N–H and O–H groups in total.